The fourth-order valence-corrected chi connectivity index (χ4v) is 3.90. The molecule has 0 spiro atoms. The van der Waals surface area contributed by atoms with E-state index in [1.807, 2.05) is 42.5 Å². The summed E-state index contributed by atoms with van der Waals surface area (Å²) in [5.41, 5.74) is 2.51. The highest BCUT2D eigenvalue weighted by atomic mass is 32.1. The van der Waals surface area contributed by atoms with E-state index in [9.17, 15) is 9.18 Å². The molecule has 1 aromatic carbocycles. The Kier molecular flexibility index (Phi) is 13.7. The zero-order chi connectivity index (χ0) is 23.8. The Balaban J connectivity index is 0.000000353. The lowest BCUT2D eigenvalue weighted by molar-refractivity contribution is 0.0956. The summed E-state index contributed by atoms with van der Waals surface area (Å²) in [4.78, 5) is 18.2. The predicted octanol–water partition coefficient (Wildman–Crippen LogP) is 6.86. The molecular formula is C27H35FN2OS. The second kappa shape index (κ2) is 16.0. The molecule has 2 heterocycles. The van der Waals surface area contributed by atoms with Gasteiger partial charge < -0.3 is 5.32 Å². The van der Waals surface area contributed by atoms with Gasteiger partial charge in [0.2, 0.25) is 0 Å². The van der Waals surface area contributed by atoms with Gasteiger partial charge in [-0.1, -0.05) is 57.2 Å². The zero-order valence-electron chi connectivity index (χ0n) is 19.4. The maximum atomic E-state index is 12.0. The first-order valence-electron chi connectivity index (χ1n) is 11.1. The number of benzene rings is 1. The molecule has 2 aromatic heterocycles. The highest BCUT2D eigenvalue weighted by Gasteiger charge is 2.15. The van der Waals surface area contributed by atoms with Crippen LogP contribution >= 0.6 is 11.3 Å². The van der Waals surface area contributed by atoms with Crippen LogP contribution in [0.5, 0.6) is 0 Å². The maximum Gasteiger partial charge on any atom is 0.261 e. The van der Waals surface area contributed by atoms with Crippen LogP contribution in [-0.2, 0) is 12.8 Å². The van der Waals surface area contributed by atoms with E-state index in [2.05, 4.69) is 45.0 Å². The fraction of sp³-hybridized carbons (Fsp3) is 0.407. The number of hydrogen-bond donors (Lipinski definition) is 1. The van der Waals surface area contributed by atoms with Gasteiger partial charge in [0.05, 0.1) is 11.6 Å². The lowest BCUT2D eigenvalue weighted by Crippen LogP contribution is -2.23. The second-order valence-electron chi connectivity index (χ2n) is 7.99. The molecule has 1 amide bonds. The van der Waals surface area contributed by atoms with Crippen LogP contribution in [0.3, 0.4) is 0 Å². The molecule has 1 aliphatic carbocycles. The minimum atomic E-state index is -0.402. The van der Waals surface area contributed by atoms with Gasteiger partial charge in [0.25, 0.3) is 5.91 Å². The molecule has 1 N–H and O–H groups in total. The Morgan fingerprint density at radius 1 is 1.06 bits per heavy atom. The Bertz CT molecular complexity index is 862. The van der Waals surface area contributed by atoms with Gasteiger partial charge in [-0.05, 0) is 55.7 Å². The maximum absolute atomic E-state index is 12.0. The summed E-state index contributed by atoms with van der Waals surface area (Å²) in [6.45, 7) is 6.48. The monoisotopic (exact) mass is 454 g/mol. The Labute approximate surface area is 196 Å². The molecule has 0 saturated heterocycles. The minimum Gasteiger partial charge on any atom is -0.351 e. The number of aromatic nitrogens is 1. The minimum absolute atomic E-state index is 0.126. The van der Waals surface area contributed by atoms with E-state index in [1.54, 1.807) is 0 Å². The first-order chi connectivity index (χ1) is 15.5. The van der Waals surface area contributed by atoms with Gasteiger partial charge in [0, 0.05) is 17.6 Å². The number of terminal acetylenes is 1. The van der Waals surface area contributed by atoms with E-state index in [1.165, 1.54) is 35.4 Å². The molecule has 0 aliphatic heterocycles. The Morgan fingerprint density at radius 3 is 2.19 bits per heavy atom. The number of nitrogens with one attached hydrogen (secondary N) is 1. The molecule has 0 bridgehead atoms. The summed E-state index contributed by atoms with van der Waals surface area (Å²) in [7, 11) is 0. The third-order valence-electron chi connectivity index (χ3n) is 4.27. The second-order valence-corrected chi connectivity index (χ2v) is 9.02. The first-order valence-corrected chi connectivity index (χ1v) is 11.9. The predicted molar refractivity (Wildman–Crippen MR) is 136 cm³/mol. The number of aryl methyl sites for hydroxylation is 2. The summed E-state index contributed by atoms with van der Waals surface area (Å²) < 4.78 is 12.0. The average molecular weight is 455 g/mol. The van der Waals surface area contributed by atoms with Gasteiger partial charge in [-0.3, -0.25) is 9.18 Å². The van der Waals surface area contributed by atoms with Crippen molar-refractivity contribution in [1.29, 1.82) is 0 Å². The van der Waals surface area contributed by atoms with Crippen molar-refractivity contribution in [2.75, 3.05) is 13.2 Å². The van der Waals surface area contributed by atoms with Crippen molar-refractivity contribution in [2.24, 2.45) is 5.92 Å². The lowest BCUT2D eigenvalue weighted by atomic mass is 9.96. The molecule has 0 radical (unpaired) electrons. The Hall–Kier alpha value is -2.71. The number of rotatable bonds is 4. The number of carbonyl (C=O) groups excluding carboxylic acids is 1. The fourth-order valence-electron chi connectivity index (χ4n) is 2.95. The van der Waals surface area contributed by atoms with Crippen LogP contribution in [0.4, 0.5) is 4.39 Å². The third kappa shape index (κ3) is 10.1. The van der Waals surface area contributed by atoms with Crippen molar-refractivity contribution >= 4 is 27.5 Å². The molecule has 3 aromatic rings. The molecule has 0 saturated carbocycles. The van der Waals surface area contributed by atoms with Gasteiger partial charge in [0.15, 0.2) is 0 Å². The lowest BCUT2D eigenvalue weighted by Gasteiger charge is -2.13. The van der Waals surface area contributed by atoms with Crippen molar-refractivity contribution in [3.05, 3.63) is 64.7 Å². The number of thiophene rings is 1. The largest absolute Gasteiger partial charge is 0.351 e. The smallest absolute Gasteiger partial charge is 0.261 e. The van der Waals surface area contributed by atoms with E-state index in [0.717, 1.165) is 29.0 Å². The van der Waals surface area contributed by atoms with Crippen molar-refractivity contribution in [3.63, 3.8) is 0 Å². The highest BCUT2D eigenvalue weighted by molar-refractivity contribution is 7.20. The quantitative estimate of drug-likeness (QED) is 0.345. The van der Waals surface area contributed by atoms with Crippen molar-refractivity contribution < 1.29 is 9.18 Å². The number of carbonyl (C=O) groups is 1. The van der Waals surface area contributed by atoms with Crippen LogP contribution in [0.1, 0.15) is 61.0 Å². The number of nitrogens with zero attached hydrogens (tertiary/aromatic N) is 1. The van der Waals surface area contributed by atoms with Crippen LogP contribution in [0.2, 0.25) is 0 Å². The van der Waals surface area contributed by atoms with Gasteiger partial charge in [-0.15, -0.1) is 24.2 Å². The summed E-state index contributed by atoms with van der Waals surface area (Å²) in [5, 5.41) is 3.78. The van der Waals surface area contributed by atoms with Crippen molar-refractivity contribution in [2.45, 2.75) is 52.9 Å². The molecule has 5 heteroatoms. The standard InChI is InChI=1S/C15H17FN2OS.C6H6.C4H10.C2H2/c16-6-3-7-17-14(19)13-9-11-8-10-4-1-2-5-12(10)18-15(11)20-13;1-2-4-6-5-3-1;1-4(2)3;1-2/h8-9H,1-7H2,(H,17,19);1-6H;4H,1-3H3;1-2H. The van der Waals surface area contributed by atoms with Gasteiger partial charge in [0.1, 0.15) is 4.83 Å². The van der Waals surface area contributed by atoms with E-state index in [4.69, 9.17) is 4.98 Å². The van der Waals surface area contributed by atoms with Crippen LogP contribution in [-0.4, -0.2) is 24.1 Å². The topological polar surface area (TPSA) is 42.0 Å². The first kappa shape index (κ1) is 27.3. The highest BCUT2D eigenvalue weighted by Crippen LogP contribution is 2.29. The number of fused-ring (bicyclic) bond motifs is 2. The molecule has 0 atom stereocenters. The van der Waals surface area contributed by atoms with E-state index in [-0.39, 0.29) is 5.91 Å². The molecule has 0 unspecified atom stereocenters. The number of pyridine rings is 1. The zero-order valence-corrected chi connectivity index (χ0v) is 20.3. The van der Waals surface area contributed by atoms with Crippen LogP contribution < -0.4 is 5.32 Å². The molecule has 32 heavy (non-hydrogen) atoms. The summed E-state index contributed by atoms with van der Waals surface area (Å²) in [6.07, 6.45) is 12.9. The van der Waals surface area contributed by atoms with E-state index in [0.29, 0.717) is 17.8 Å². The molecule has 172 valence electrons. The van der Waals surface area contributed by atoms with Gasteiger partial charge in [-0.2, -0.15) is 0 Å². The number of amides is 1. The summed E-state index contributed by atoms with van der Waals surface area (Å²) >= 11 is 1.42. The normalized spacial score (nSPS) is 11.6. The van der Waals surface area contributed by atoms with E-state index >= 15 is 0 Å². The average Bonchev–Trinajstić information content (AvgIpc) is 3.23. The SMILES string of the molecule is C#C.CC(C)C.O=C(NCCCF)c1cc2cc3c(nc2s1)CCCC3.c1ccccc1. The van der Waals surface area contributed by atoms with Crippen LogP contribution in [0.15, 0.2) is 48.5 Å². The molecule has 1 aliphatic rings. The third-order valence-corrected chi connectivity index (χ3v) is 5.32. The van der Waals surface area contributed by atoms with E-state index < -0.39 is 6.67 Å². The van der Waals surface area contributed by atoms with Crippen LogP contribution in [0, 0.1) is 18.8 Å². The Morgan fingerprint density at radius 2 is 1.62 bits per heavy atom. The molecule has 3 nitrogen and oxygen atoms in total. The van der Waals surface area contributed by atoms with Crippen molar-refractivity contribution in [1.82, 2.24) is 10.3 Å². The summed E-state index contributed by atoms with van der Waals surface area (Å²) in [6, 6.07) is 16.1. The molecular weight excluding hydrogens is 419 g/mol. The van der Waals surface area contributed by atoms with Crippen molar-refractivity contribution in [3.8, 4) is 12.8 Å². The van der Waals surface area contributed by atoms with Crippen LogP contribution in [0.25, 0.3) is 10.2 Å². The van der Waals surface area contributed by atoms with Gasteiger partial charge >= 0.3 is 0 Å². The van der Waals surface area contributed by atoms with Gasteiger partial charge in [-0.25, -0.2) is 4.98 Å². The molecule has 0 fully saturated rings. The number of halogens is 1. The molecule has 4 rings (SSSR count). The number of hydrogen-bond acceptors (Lipinski definition) is 3. The number of alkyl halides is 1. The summed E-state index contributed by atoms with van der Waals surface area (Å²) in [5.74, 6) is 0.708.